The van der Waals surface area contributed by atoms with Crippen molar-refractivity contribution in [3.63, 3.8) is 0 Å². The van der Waals surface area contributed by atoms with Gasteiger partial charge in [-0.2, -0.15) is 0 Å². The van der Waals surface area contributed by atoms with Gasteiger partial charge in [0.2, 0.25) is 0 Å². The Kier molecular flexibility index (Phi) is 5.66. The average Bonchev–Trinajstić information content (AvgIpc) is 2.65. The Morgan fingerprint density at radius 3 is 2.77 bits per heavy atom. The highest BCUT2D eigenvalue weighted by molar-refractivity contribution is 5.77. The number of nitrogens with one attached hydrogen (secondary N) is 1. The molecule has 0 saturated carbocycles. The summed E-state index contributed by atoms with van der Waals surface area (Å²) in [7, 11) is 0. The van der Waals surface area contributed by atoms with Crippen LogP contribution >= 0.6 is 0 Å². The van der Waals surface area contributed by atoms with E-state index >= 15 is 0 Å². The van der Waals surface area contributed by atoms with Crippen molar-refractivity contribution in [2.24, 2.45) is 0 Å². The van der Waals surface area contributed by atoms with Gasteiger partial charge in [0.1, 0.15) is 18.5 Å². The molecule has 0 aliphatic carbocycles. The molecule has 26 heavy (non-hydrogen) atoms. The Hall–Kier alpha value is -2.69. The Balaban J connectivity index is 1.47. The van der Waals surface area contributed by atoms with Gasteiger partial charge in [0.05, 0.1) is 6.54 Å². The maximum Gasteiger partial charge on any atom is 0.258 e. The van der Waals surface area contributed by atoms with E-state index in [1.807, 2.05) is 43.3 Å². The summed E-state index contributed by atoms with van der Waals surface area (Å²) in [6.45, 7) is 7.00. The van der Waals surface area contributed by atoms with Crippen LogP contribution in [0, 0.1) is 6.92 Å². The number of benzene rings is 2. The van der Waals surface area contributed by atoms with Crippen LogP contribution in [0.15, 0.2) is 42.5 Å². The molecule has 0 radical (unpaired) electrons. The molecule has 5 nitrogen and oxygen atoms in total. The van der Waals surface area contributed by atoms with Gasteiger partial charge in [-0.25, -0.2) is 0 Å². The topological polar surface area (TPSA) is 56.8 Å². The summed E-state index contributed by atoms with van der Waals surface area (Å²) in [5.74, 6) is 2.42. The Labute approximate surface area is 154 Å². The van der Waals surface area contributed by atoms with E-state index in [2.05, 4.69) is 25.2 Å². The monoisotopic (exact) mass is 355 g/mol. The molecule has 0 spiro atoms. The van der Waals surface area contributed by atoms with Crippen molar-refractivity contribution < 1.29 is 19.0 Å². The third kappa shape index (κ3) is 4.48. The molecule has 0 unspecified atom stereocenters. The molecule has 0 bridgehead atoms. The summed E-state index contributed by atoms with van der Waals surface area (Å²) in [4.78, 5) is 12.1. The standard InChI is InChI=1S/C21H25NO4/c1-14(2)16-9-8-15(3)20(10-16)25-13-21(23)22-11-17-12-24-18-6-4-5-7-19(18)26-17/h4-10,14,17H,11-13H2,1-3H3,(H,22,23)/t17-/m1/s1. The molecule has 2 aromatic carbocycles. The van der Waals surface area contributed by atoms with E-state index in [4.69, 9.17) is 14.2 Å². The SMILES string of the molecule is Cc1ccc(C(C)C)cc1OCC(=O)NC[C@@H]1COc2ccccc2O1. The van der Waals surface area contributed by atoms with Gasteiger partial charge in [0, 0.05) is 0 Å². The number of aryl methyl sites for hydroxylation is 1. The summed E-state index contributed by atoms with van der Waals surface area (Å²) in [6.07, 6.45) is -0.208. The molecular formula is C21H25NO4. The lowest BCUT2D eigenvalue weighted by molar-refractivity contribution is -0.123. The molecule has 0 fully saturated rings. The fraction of sp³-hybridized carbons (Fsp3) is 0.381. The fourth-order valence-corrected chi connectivity index (χ4v) is 2.72. The molecular weight excluding hydrogens is 330 g/mol. The minimum atomic E-state index is -0.208. The molecule has 3 rings (SSSR count). The van der Waals surface area contributed by atoms with Gasteiger partial charge in [-0.15, -0.1) is 0 Å². The number of ether oxygens (including phenoxy) is 3. The van der Waals surface area contributed by atoms with Crippen LogP contribution < -0.4 is 19.5 Å². The maximum absolute atomic E-state index is 12.1. The summed E-state index contributed by atoms with van der Waals surface area (Å²) < 4.78 is 17.2. The molecule has 1 aliphatic heterocycles. The van der Waals surface area contributed by atoms with Gasteiger partial charge >= 0.3 is 0 Å². The second kappa shape index (κ2) is 8.13. The highest BCUT2D eigenvalue weighted by Gasteiger charge is 2.21. The average molecular weight is 355 g/mol. The first-order valence-corrected chi connectivity index (χ1v) is 8.91. The van der Waals surface area contributed by atoms with Crippen molar-refractivity contribution in [3.8, 4) is 17.2 Å². The van der Waals surface area contributed by atoms with Gasteiger partial charge in [-0.1, -0.05) is 38.1 Å². The first-order chi connectivity index (χ1) is 12.5. The van der Waals surface area contributed by atoms with Crippen LogP contribution in [0.2, 0.25) is 0 Å². The minimum Gasteiger partial charge on any atom is -0.486 e. The highest BCUT2D eigenvalue weighted by atomic mass is 16.6. The number of hydrogen-bond acceptors (Lipinski definition) is 4. The molecule has 1 N–H and O–H groups in total. The second-order valence-electron chi connectivity index (χ2n) is 6.77. The van der Waals surface area contributed by atoms with Gasteiger partial charge in [0.25, 0.3) is 5.91 Å². The van der Waals surface area contributed by atoms with Gasteiger partial charge in [-0.05, 0) is 42.2 Å². The Morgan fingerprint density at radius 1 is 1.23 bits per heavy atom. The number of para-hydroxylation sites is 2. The van der Waals surface area contributed by atoms with Crippen molar-refractivity contribution >= 4 is 5.91 Å². The number of fused-ring (bicyclic) bond motifs is 1. The normalized spacial score (nSPS) is 15.6. The smallest absolute Gasteiger partial charge is 0.258 e. The van der Waals surface area contributed by atoms with Crippen LogP contribution in [0.1, 0.15) is 30.9 Å². The molecule has 1 aliphatic rings. The van der Waals surface area contributed by atoms with Crippen molar-refractivity contribution in [2.45, 2.75) is 32.8 Å². The van der Waals surface area contributed by atoms with Crippen LogP contribution in [0.5, 0.6) is 17.2 Å². The number of carbonyl (C=O) groups is 1. The van der Waals surface area contributed by atoms with Gasteiger partial charge in [-0.3, -0.25) is 4.79 Å². The van der Waals surface area contributed by atoms with E-state index in [-0.39, 0.29) is 18.6 Å². The number of rotatable bonds is 6. The molecule has 1 atom stereocenters. The molecule has 0 saturated heterocycles. The zero-order valence-corrected chi connectivity index (χ0v) is 15.5. The minimum absolute atomic E-state index is 0.0213. The van der Waals surface area contributed by atoms with E-state index in [0.717, 1.165) is 17.1 Å². The lowest BCUT2D eigenvalue weighted by Gasteiger charge is -2.26. The van der Waals surface area contributed by atoms with Crippen LogP contribution in [-0.4, -0.2) is 31.8 Å². The summed E-state index contributed by atoms with van der Waals surface area (Å²) in [6, 6.07) is 13.6. The van der Waals surface area contributed by atoms with Crippen molar-refractivity contribution in [2.75, 3.05) is 19.8 Å². The molecule has 138 valence electrons. The van der Waals surface area contributed by atoms with Crippen molar-refractivity contribution in [1.29, 1.82) is 0 Å². The predicted octanol–water partition coefficient (Wildman–Crippen LogP) is 3.45. The maximum atomic E-state index is 12.1. The molecule has 0 aromatic heterocycles. The predicted molar refractivity (Wildman–Crippen MR) is 100 cm³/mol. The van der Waals surface area contributed by atoms with E-state index in [0.29, 0.717) is 24.8 Å². The first kappa shape index (κ1) is 18.1. The van der Waals surface area contributed by atoms with E-state index in [1.165, 1.54) is 5.56 Å². The summed E-state index contributed by atoms with van der Waals surface area (Å²) in [5, 5.41) is 2.84. The zero-order chi connectivity index (χ0) is 18.5. The Morgan fingerprint density at radius 2 is 2.00 bits per heavy atom. The van der Waals surface area contributed by atoms with Crippen LogP contribution in [0.25, 0.3) is 0 Å². The van der Waals surface area contributed by atoms with Crippen molar-refractivity contribution in [3.05, 3.63) is 53.6 Å². The third-order valence-electron chi connectivity index (χ3n) is 4.33. The van der Waals surface area contributed by atoms with Crippen LogP contribution in [-0.2, 0) is 4.79 Å². The first-order valence-electron chi connectivity index (χ1n) is 8.91. The summed E-state index contributed by atoms with van der Waals surface area (Å²) >= 11 is 0. The quantitative estimate of drug-likeness (QED) is 0.862. The number of hydrogen-bond donors (Lipinski definition) is 1. The number of carbonyl (C=O) groups excluding carboxylic acids is 1. The van der Waals surface area contributed by atoms with Crippen molar-refractivity contribution in [1.82, 2.24) is 5.32 Å². The summed E-state index contributed by atoms with van der Waals surface area (Å²) in [5.41, 5.74) is 2.21. The van der Waals surface area contributed by atoms with E-state index in [9.17, 15) is 4.79 Å². The second-order valence-corrected chi connectivity index (χ2v) is 6.77. The zero-order valence-electron chi connectivity index (χ0n) is 15.5. The third-order valence-corrected chi connectivity index (χ3v) is 4.33. The largest absolute Gasteiger partial charge is 0.486 e. The van der Waals surface area contributed by atoms with Crippen LogP contribution in [0.3, 0.4) is 0 Å². The van der Waals surface area contributed by atoms with E-state index < -0.39 is 0 Å². The molecule has 2 aromatic rings. The Bertz CT molecular complexity index is 772. The lowest BCUT2D eigenvalue weighted by atomic mass is 10.0. The molecule has 5 heteroatoms. The fourth-order valence-electron chi connectivity index (χ4n) is 2.72. The number of amides is 1. The van der Waals surface area contributed by atoms with Gasteiger partial charge < -0.3 is 19.5 Å². The molecule has 1 heterocycles. The highest BCUT2D eigenvalue weighted by Crippen LogP contribution is 2.30. The molecule has 1 amide bonds. The van der Waals surface area contributed by atoms with E-state index in [1.54, 1.807) is 0 Å². The van der Waals surface area contributed by atoms with Crippen LogP contribution in [0.4, 0.5) is 0 Å². The lowest BCUT2D eigenvalue weighted by Crippen LogP contribution is -2.42. The van der Waals surface area contributed by atoms with Gasteiger partial charge in [0.15, 0.2) is 18.1 Å².